The largest absolute Gasteiger partial charge is 0.367 e. The molecular weight excluding hydrogens is 338 g/mol. The first-order valence-electron chi connectivity index (χ1n) is 7.98. The summed E-state index contributed by atoms with van der Waals surface area (Å²) in [5.74, 6) is -1.28. The quantitative estimate of drug-likeness (QED) is 0.467. The summed E-state index contributed by atoms with van der Waals surface area (Å²) in [4.78, 5) is 47.5. The zero-order chi connectivity index (χ0) is 19.4. The molecule has 1 fully saturated rings. The number of hydrogen-bond acceptors (Lipinski definition) is 9. The molecule has 144 valence electrons. The Balaban J connectivity index is 3.14. The summed E-state index contributed by atoms with van der Waals surface area (Å²) in [5, 5.41) is 20.8. The Morgan fingerprint density at radius 2 is 1.44 bits per heavy atom. The minimum absolute atomic E-state index is 0.148. The summed E-state index contributed by atoms with van der Waals surface area (Å²) >= 11 is 0. The Morgan fingerprint density at radius 1 is 1.04 bits per heavy atom. The molecule has 0 spiro atoms. The van der Waals surface area contributed by atoms with E-state index >= 15 is 0 Å². The fourth-order valence-electron chi connectivity index (χ4n) is 3.24. The van der Waals surface area contributed by atoms with Crippen molar-refractivity contribution in [2.45, 2.75) is 58.5 Å². The second kappa shape index (κ2) is 7.81. The molecule has 1 aliphatic heterocycles. The smallest absolute Gasteiger partial charge is 0.324 e. The van der Waals surface area contributed by atoms with Crippen LogP contribution in [0.25, 0.3) is 0 Å². The zero-order valence-electron chi connectivity index (χ0n) is 15.1. The lowest BCUT2D eigenvalue weighted by molar-refractivity contribution is -0.762. The van der Waals surface area contributed by atoms with E-state index in [0.717, 1.165) is 0 Å². The van der Waals surface area contributed by atoms with Crippen molar-refractivity contribution in [1.82, 2.24) is 5.06 Å². The molecular formula is C14H25N3O8. The highest BCUT2D eigenvalue weighted by Gasteiger charge is 2.54. The summed E-state index contributed by atoms with van der Waals surface area (Å²) in [5.41, 5.74) is -1.56. The van der Waals surface area contributed by atoms with Crippen molar-refractivity contribution in [2.75, 3.05) is 13.2 Å². The van der Waals surface area contributed by atoms with E-state index in [1.165, 1.54) is 5.06 Å². The van der Waals surface area contributed by atoms with E-state index in [9.17, 15) is 25.0 Å². The molecule has 0 radical (unpaired) electrons. The van der Waals surface area contributed by atoms with Crippen LogP contribution in [0.1, 0.15) is 47.5 Å². The van der Waals surface area contributed by atoms with Gasteiger partial charge in [-0.2, -0.15) is 0 Å². The lowest BCUT2D eigenvalue weighted by atomic mass is 9.68. The molecule has 0 aromatic carbocycles. The van der Waals surface area contributed by atoms with Crippen LogP contribution in [0.3, 0.4) is 0 Å². The number of carbonyl (C=O) groups is 1. The molecule has 11 nitrogen and oxygen atoms in total. The first-order chi connectivity index (χ1) is 11.4. The van der Waals surface area contributed by atoms with Gasteiger partial charge in [0.2, 0.25) is 0 Å². The van der Waals surface area contributed by atoms with Crippen LogP contribution < -0.4 is 0 Å². The number of piperidine rings is 1. The molecule has 1 aliphatic rings. The Hall–Kier alpha value is -2.17. The van der Waals surface area contributed by atoms with Crippen LogP contribution >= 0.6 is 0 Å². The third-order valence-electron chi connectivity index (χ3n) is 4.86. The fourth-order valence-corrected chi connectivity index (χ4v) is 3.24. The van der Waals surface area contributed by atoms with Crippen molar-refractivity contribution >= 4 is 5.97 Å². The number of nitrogens with zero attached hydrogens (tertiary/aromatic N) is 3. The van der Waals surface area contributed by atoms with Crippen LogP contribution in [0, 0.1) is 32.1 Å². The monoisotopic (exact) mass is 363 g/mol. The molecule has 0 aliphatic carbocycles. The fraction of sp³-hybridized carbons (Fsp3) is 0.929. The van der Waals surface area contributed by atoms with Crippen molar-refractivity contribution in [1.29, 1.82) is 0 Å². The second-order valence-electron chi connectivity index (χ2n) is 7.09. The second-order valence-corrected chi connectivity index (χ2v) is 7.09. The first kappa shape index (κ1) is 20.9. The summed E-state index contributed by atoms with van der Waals surface area (Å²) < 4.78 is 0. The van der Waals surface area contributed by atoms with E-state index in [0.29, 0.717) is 6.42 Å². The maximum atomic E-state index is 11.9. The molecule has 0 aromatic heterocycles. The third-order valence-corrected chi connectivity index (χ3v) is 4.86. The molecule has 2 unspecified atom stereocenters. The Labute approximate surface area is 145 Å². The summed E-state index contributed by atoms with van der Waals surface area (Å²) in [6.07, 6.45) is 0.524. The van der Waals surface area contributed by atoms with Gasteiger partial charge in [0.05, 0.1) is 11.1 Å². The minimum Gasteiger partial charge on any atom is -0.367 e. The Kier molecular flexibility index (Phi) is 6.52. The van der Waals surface area contributed by atoms with Crippen LogP contribution in [0.15, 0.2) is 0 Å². The summed E-state index contributed by atoms with van der Waals surface area (Å²) in [6, 6.07) is 0. The van der Waals surface area contributed by atoms with Gasteiger partial charge < -0.3 is 14.5 Å². The molecule has 0 saturated carbocycles. The highest BCUT2D eigenvalue weighted by molar-refractivity contribution is 5.68. The lowest BCUT2D eigenvalue weighted by Gasteiger charge is -2.57. The normalized spacial score (nSPS) is 25.0. The van der Waals surface area contributed by atoms with Crippen LogP contribution in [0.4, 0.5) is 0 Å². The SMILES string of the molecule is CCC(=O)ON1C(C)(C)C(CO[N+](=O)[O-])CC(CO[N+](=O)[O-])C1(C)C. The molecule has 25 heavy (non-hydrogen) atoms. The van der Waals surface area contributed by atoms with E-state index in [1.54, 1.807) is 34.6 Å². The number of rotatable bonds is 8. The van der Waals surface area contributed by atoms with Crippen molar-refractivity contribution < 1.29 is 29.5 Å². The molecule has 1 rings (SSSR count). The molecule has 0 amide bonds. The van der Waals surface area contributed by atoms with Crippen LogP contribution in [0.2, 0.25) is 0 Å². The third kappa shape index (κ3) is 4.91. The Bertz CT molecular complexity index is 486. The van der Waals surface area contributed by atoms with Gasteiger partial charge in [-0.05, 0) is 34.1 Å². The molecule has 11 heteroatoms. The van der Waals surface area contributed by atoms with Gasteiger partial charge >= 0.3 is 5.97 Å². The van der Waals surface area contributed by atoms with E-state index in [-0.39, 0.29) is 19.6 Å². The van der Waals surface area contributed by atoms with Gasteiger partial charge in [-0.15, -0.1) is 25.3 Å². The summed E-state index contributed by atoms with van der Waals surface area (Å²) in [6.45, 7) is 8.36. The van der Waals surface area contributed by atoms with E-state index < -0.39 is 39.1 Å². The van der Waals surface area contributed by atoms with Crippen molar-refractivity contribution in [3.05, 3.63) is 20.2 Å². The van der Waals surface area contributed by atoms with Gasteiger partial charge in [-0.1, -0.05) is 6.92 Å². The Morgan fingerprint density at radius 3 is 1.76 bits per heavy atom. The molecule has 0 aromatic rings. The van der Waals surface area contributed by atoms with Crippen LogP contribution in [0.5, 0.6) is 0 Å². The average molecular weight is 363 g/mol. The summed E-state index contributed by atoms with van der Waals surface area (Å²) in [7, 11) is 0. The van der Waals surface area contributed by atoms with E-state index in [2.05, 4.69) is 9.68 Å². The number of hydroxylamine groups is 2. The van der Waals surface area contributed by atoms with Gasteiger partial charge in [0.15, 0.2) is 0 Å². The van der Waals surface area contributed by atoms with E-state index in [4.69, 9.17) is 4.84 Å². The van der Waals surface area contributed by atoms with Gasteiger partial charge in [-0.3, -0.25) is 4.79 Å². The molecule has 2 atom stereocenters. The van der Waals surface area contributed by atoms with E-state index in [1.807, 2.05) is 0 Å². The average Bonchev–Trinajstić information content (AvgIpc) is 2.48. The van der Waals surface area contributed by atoms with Gasteiger partial charge in [0.1, 0.15) is 13.2 Å². The van der Waals surface area contributed by atoms with Crippen molar-refractivity contribution in [2.24, 2.45) is 11.8 Å². The van der Waals surface area contributed by atoms with Crippen molar-refractivity contribution in [3.8, 4) is 0 Å². The molecule has 0 N–H and O–H groups in total. The zero-order valence-corrected chi connectivity index (χ0v) is 15.1. The van der Waals surface area contributed by atoms with Gasteiger partial charge in [0, 0.05) is 18.3 Å². The highest BCUT2D eigenvalue weighted by atomic mass is 17.0. The number of carbonyl (C=O) groups excluding carboxylic acids is 1. The topological polar surface area (TPSA) is 134 Å². The van der Waals surface area contributed by atoms with Crippen LogP contribution in [-0.2, 0) is 19.3 Å². The van der Waals surface area contributed by atoms with Gasteiger partial charge in [0.25, 0.3) is 10.2 Å². The number of hydrogen-bond donors (Lipinski definition) is 0. The van der Waals surface area contributed by atoms with Gasteiger partial charge in [-0.25, -0.2) is 0 Å². The molecule has 1 saturated heterocycles. The maximum Gasteiger partial charge on any atom is 0.324 e. The minimum atomic E-state index is -0.888. The standard InChI is InChI=1S/C14H25N3O8/c1-6-12(18)25-15-13(2,3)10(8-23-16(19)20)7-11(14(15,4)5)9-24-17(21)22/h10-11H,6-9H2,1-5H3. The molecule has 1 heterocycles. The van der Waals surface area contributed by atoms with Crippen LogP contribution in [-0.4, -0.2) is 45.5 Å². The predicted molar refractivity (Wildman–Crippen MR) is 83.9 cm³/mol. The molecule has 0 bridgehead atoms. The highest BCUT2D eigenvalue weighted by Crippen LogP contribution is 2.46. The predicted octanol–water partition coefficient (Wildman–Crippen LogP) is 1.77. The maximum absolute atomic E-state index is 11.9. The van der Waals surface area contributed by atoms with Crippen molar-refractivity contribution in [3.63, 3.8) is 0 Å². The first-order valence-corrected chi connectivity index (χ1v) is 7.98. The lowest BCUT2D eigenvalue weighted by Crippen LogP contribution is -2.67.